The molecule has 0 spiro atoms. The van der Waals surface area contributed by atoms with Gasteiger partial charge < -0.3 is 9.13 Å². The first-order valence-corrected chi connectivity index (χ1v) is 20.9. The van der Waals surface area contributed by atoms with Crippen LogP contribution in [0.5, 0.6) is 0 Å². The van der Waals surface area contributed by atoms with E-state index in [-0.39, 0.29) is 0 Å². The molecule has 0 bridgehead atoms. The van der Waals surface area contributed by atoms with E-state index in [0.717, 1.165) is 55.7 Å². The summed E-state index contributed by atoms with van der Waals surface area (Å²) < 4.78 is 4.88. The molecule has 12 aromatic rings. The van der Waals surface area contributed by atoms with E-state index in [1.54, 1.807) is 0 Å². The largest absolute Gasteiger partial charge is 0.307 e. The second kappa shape index (κ2) is 14.7. The Hall–Kier alpha value is -8.41. The van der Waals surface area contributed by atoms with Crippen molar-refractivity contribution in [1.29, 1.82) is 0 Å². The molecule has 0 saturated heterocycles. The summed E-state index contributed by atoms with van der Waals surface area (Å²) in [5.74, 6) is 1.87. The van der Waals surface area contributed by atoms with Crippen LogP contribution in [-0.2, 0) is 0 Å². The maximum atomic E-state index is 5.18. The standard InChI is InChI=1S/C57H37N5/c1-4-16-38(17-5-1)40-30-32-42(33-31-40)56-58-55(41-20-8-3-9-21-41)59-57(60-56)44-23-15-25-46(37-44)62-52-29-13-11-27-48(52)50-35-34-49-47-26-10-12-28-51(47)61(53(49)54(50)62)45-24-14-22-43(36-45)39-18-6-2-7-19-39/h1-37H. The van der Waals surface area contributed by atoms with Gasteiger partial charge in [0.05, 0.1) is 22.1 Å². The molecule has 62 heavy (non-hydrogen) atoms. The van der Waals surface area contributed by atoms with E-state index < -0.39 is 0 Å². The van der Waals surface area contributed by atoms with Crippen LogP contribution in [0, 0.1) is 0 Å². The number of para-hydroxylation sites is 2. The molecule has 5 nitrogen and oxygen atoms in total. The summed E-state index contributed by atoms with van der Waals surface area (Å²) in [7, 11) is 0. The van der Waals surface area contributed by atoms with Crippen molar-refractivity contribution in [1.82, 2.24) is 24.1 Å². The lowest BCUT2D eigenvalue weighted by Gasteiger charge is -2.14. The quantitative estimate of drug-likeness (QED) is 0.162. The van der Waals surface area contributed by atoms with Crippen molar-refractivity contribution in [3.63, 3.8) is 0 Å². The van der Waals surface area contributed by atoms with Gasteiger partial charge in [-0.15, -0.1) is 0 Å². The molecule has 0 saturated carbocycles. The van der Waals surface area contributed by atoms with E-state index in [1.165, 1.54) is 38.2 Å². The topological polar surface area (TPSA) is 48.5 Å². The van der Waals surface area contributed by atoms with Gasteiger partial charge >= 0.3 is 0 Å². The maximum Gasteiger partial charge on any atom is 0.164 e. The summed E-state index contributed by atoms with van der Waals surface area (Å²) in [6.07, 6.45) is 0. The molecule has 5 heteroatoms. The Kier molecular flexibility index (Phi) is 8.42. The zero-order valence-corrected chi connectivity index (χ0v) is 33.6. The van der Waals surface area contributed by atoms with E-state index in [4.69, 9.17) is 15.0 Å². The Bertz CT molecular complexity index is 3610. The molecule has 0 radical (unpaired) electrons. The molecule has 290 valence electrons. The molecule has 0 aliphatic heterocycles. The summed E-state index contributed by atoms with van der Waals surface area (Å²) in [6.45, 7) is 0. The Morgan fingerprint density at radius 2 is 0.597 bits per heavy atom. The Labute approximate surface area is 358 Å². The normalized spacial score (nSPS) is 11.5. The van der Waals surface area contributed by atoms with Gasteiger partial charge in [0.25, 0.3) is 0 Å². The van der Waals surface area contributed by atoms with Crippen LogP contribution in [0.15, 0.2) is 224 Å². The highest BCUT2D eigenvalue weighted by Gasteiger charge is 2.22. The molecule has 9 aromatic carbocycles. The van der Waals surface area contributed by atoms with Gasteiger partial charge in [-0.1, -0.05) is 188 Å². The van der Waals surface area contributed by atoms with Crippen molar-refractivity contribution in [3.8, 4) is 67.8 Å². The number of benzene rings is 9. The monoisotopic (exact) mass is 791 g/mol. The van der Waals surface area contributed by atoms with E-state index in [9.17, 15) is 0 Å². The summed E-state index contributed by atoms with van der Waals surface area (Å²) >= 11 is 0. The fourth-order valence-electron chi connectivity index (χ4n) is 9.07. The first kappa shape index (κ1) is 35.5. The van der Waals surface area contributed by atoms with E-state index in [1.807, 2.05) is 24.3 Å². The van der Waals surface area contributed by atoms with Crippen LogP contribution >= 0.6 is 0 Å². The summed E-state index contributed by atoms with van der Waals surface area (Å²) in [6, 6.07) is 79.3. The van der Waals surface area contributed by atoms with Crippen LogP contribution in [0.1, 0.15) is 0 Å². The summed E-state index contributed by atoms with van der Waals surface area (Å²) in [5, 5.41) is 4.79. The van der Waals surface area contributed by atoms with Crippen LogP contribution in [0.25, 0.3) is 111 Å². The van der Waals surface area contributed by atoms with E-state index >= 15 is 0 Å². The van der Waals surface area contributed by atoms with Gasteiger partial charge in [0, 0.05) is 49.6 Å². The molecule has 12 rings (SSSR count). The molecule has 3 aromatic heterocycles. The fourth-order valence-corrected chi connectivity index (χ4v) is 9.07. The first-order chi connectivity index (χ1) is 30.7. The molecule has 0 fully saturated rings. The summed E-state index contributed by atoms with van der Waals surface area (Å²) in [5.41, 5.74) is 14.1. The highest BCUT2D eigenvalue weighted by atomic mass is 15.1. The minimum absolute atomic E-state index is 0.612. The number of rotatable bonds is 7. The van der Waals surface area contributed by atoms with Gasteiger partial charge in [-0.3, -0.25) is 0 Å². The van der Waals surface area contributed by atoms with E-state index in [0.29, 0.717) is 17.5 Å². The number of nitrogens with zero attached hydrogens (tertiary/aromatic N) is 5. The van der Waals surface area contributed by atoms with Gasteiger partial charge in [-0.05, 0) is 58.7 Å². The molecular formula is C57H37N5. The Morgan fingerprint density at radius 3 is 1.13 bits per heavy atom. The third-order valence-electron chi connectivity index (χ3n) is 12.0. The van der Waals surface area contributed by atoms with Crippen LogP contribution in [0.2, 0.25) is 0 Å². The lowest BCUT2D eigenvalue weighted by molar-refractivity contribution is 1.07. The minimum Gasteiger partial charge on any atom is -0.307 e. The molecule has 0 atom stereocenters. The Balaban J connectivity index is 1.08. The smallest absolute Gasteiger partial charge is 0.164 e. The predicted molar refractivity (Wildman–Crippen MR) is 256 cm³/mol. The van der Waals surface area contributed by atoms with Gasteiger partial charge in [-0.2, -0.15) is 0 Å². The van der Waals surface area contributed by atoms with Crippen molar-refractivity contribution in [2.45, 2.75) is 0 Å². The molecule has 0 amide bonds. The van der Waals surface area contributed by atoms with Crippen LogP contribution in [-0.4, -0.2) is 24.1 Å². The molecule has 3 heterocycles. The summed E-state index contributed by atoms with van der Waals surface area (Å²) in [4.78, 5) is 15.4. The molecule has 0 N–H and O–H groups in total. The maximum absolute atomic E-state index is 5.18. The molecule has 0 unspecified atom stereocenters. The van der Waals surface area contributed by atoms with Gasteiger partial charge in [0.1, 0.15) is 0 Å². The number of fused-ring (bicyclic) bond motifs is 7. The lowest BCUT2D eigenvalue weighted by atomic mass is 10.0. The lowest BCUT2D eigenvalue weighted by Crippen LogP contribution is -2.02. The minimum atomic E-state index is 0.612. The average molecular weight is 792 g/mol. The number of hydrogen-bond donors (Lipinski definition) is 0. The second-order valence-electron chi connectivity index (χ2n) is 15.6. The molecular weight excluding hydrogens is 755 g/mol. The highest BCUT2D eigenvalue weighted by Crippen LogP contribution is 2.42. The third kappa shape index (κ3) is 5.98. The first-order valence-electron chi connectivity index (χ1n) is 20.9. The third-order valence-corrected chi connectivity index (χ3v) is 12.0. The van der Waals surface area contributed by atoms with Gasteiger partial charge in [-0.25, -0.2) is 15.0 Å². The number of hydrogen-bond acceptors (Lipinski definition) is 3. The average Bonchev–Trinajstić information content (AvgIpc) is 3.88. The van der Waals surface area contributed by atoms with Crippen LogP contribution in [0.3, 0.4) is 0 Å². The number of aromatic nitrogens is 5. The van der Waals surface area contributed by atoms with Crippen molar-refractivity contribution >= 4 is 43.6 Å². The van der Waals surface area contributed by atoms with Gasteiger partial charge in [0.2, 0.25) is 0 Å². The molecule has 0 aliphatic rings. The zero-order valence-electron chi connectivity index (χ0n) is 33.6. The van der Waals surface area contributed by atoms with E-state index in [2.05, 4.69) is 209 Å². The second-order valence-corrected chi connectivity index (χ2v) is 15.6. The van der Waals surface area contributed by atoms with Crippen molar-refractivity contribution < 1.29 is 0 Å². The van der Waals surface area contributed by atoms with Gasteiger partial charge in [0.15, 0.2) is 17.5 Å². The molecule has 0 aliphatic carbocycles. The van der Waals surface area contributed by atoms with Crippen LogP contribution in [0.4, 0.5) is 0 Å². The van der Waals surface area contributed by atoms with Crippen molar-refractivity contribution in [2.75, 3.05) is 0 Å². The fraction of sp³-hybridized carbons (Fsp3) is 0. The van der Waals surface area contributed by atoms with Crippen LogP contribution < -0.4 is 0 Å². The highest BCUT2D eigenvalue weighted by molar-refractivity contribution is 6.23. The van der Waals surface area contributed by atoms with Crippen molar-refractivity contribution in [3.05, 3.63) is 224 Å². The SMILES string of the molecule is c1ccc(-c2ccc(-c3nc(-c4ccccc4)nc(-c4cccc(-n5c6ccccc6c6ccc7c8ccccc8n(-c8cccc(-c9ccccc9)c8)c7c65)c4)n3)cc2)cc1. The Morgan fingerprint density at radius 1 is 0.242 bits per heavy atom. The zero-order chi connectivity index (χ0) is 41.0. The predicted octanol–water partition coefficient (Wildman–Crippen LogP) is 14.4. The van der Waals surface area contributed by atoms with Crippen molar-refractivity contribution in [2.24, 2.45) is 0 Å².